The molecule has 0 spiro atoms. The van der Waals surface area contributed by atoms with Crippen LogP contribution in [-0.2, 0) is 23.1 Å². The van der Waals surface area contributed by atoms with Crippen molar-refractivity contribution in [3.63, 3.8) is 0 Å². The second-order valence-electron chi connectivity index (χ2n) is 5.56. The summed E-state index contributed by atoms with van der Waals surface area (Å²) < 4.78 is 27.5. The van der Waals surface area contributed by atoms with Crippen molar-refractivity contribution in [3.8, 4) is 0 Å². The van der Waals surface area contributed by atoms with E-state index in [1.165, 1.54) is 12.8 Å². The van der Waals surface area contributed by atoms with Crippen molar-refractivity contribution in [2.45, 2.75) is 43.7 Å². The van der Waals surface area contributed by atoms with E-state index < -0.39 is 10.0 Å². The number of nitrogens with one attached hydrogen (secondary N) is 1. The average Bonchev–Trinajstić information content (AvgIpc) is 3.31. The van der Waals surface area contributed by atoms with Gasteiger partial charge in [-0.25, -0.2) is 13.1 Å². The third kappa shape index (κ3) is 4.26. The van der Waals surface area contributed by atoms with Crippen molar-refractivity contribution in [3.05, 3.63) is 29.3 Å². The van der Waals surface area contributed by atoms with Gasteiger partial charge < -0.3 is 10.0 Å². The van der Waals surface area contributed by atoms with Gasteiger partial charge in [-0.05, 0) is 43.5 Å². The lowest BCUT2D eigenvalue weighted by Crippen LogP contribution is -2.34. The van der Waals surface area contributed by atoms with E-state index in [0.29, 0.717) is 31.1 Å². The fraction of sp³-hybridized carbons (Fsp3) is 0.600. The van der Waals surface area contributed by atoms with Crippen LogP contribution in [0, 0.1) is 0 Å². The van der Waals surface area contributed by atoms with Crippen LogP contribution in [0.15, 0.2) is 23.1 Å². The third-order valence-electron chi connectivity index (χ3n) is 3.91. The lowest BCUT2D eigenvalue weighted by Gasteiger charge is -2.17. The third-order valence-corrected chi connectivity index (χ3v) is 5.45. The van der Waals surface area contributed by atoms with Gasteiger partial charge in [-0.3, -0.25) is 0 Å². The zero-order chi connectivity index (χ0) is 15.5. The molecular formula is C15H24N2O3S. The minimum atomic E-state index is -3.52. The highest BCUT2D eigenvalue weighted by molar-refractivity contribution is 7.89. The number of aliphatic hydroxyl groups is 1. The number of hydrogen-bond acceptors (Lipinski definition) is 4. The van der Waals surface area contributed by atoms with Gasteiger partial charge in [0, 0.05) is 19.1 Å². The maximum absolute atomic E-state index is 12.4. The Balaban J connectivity index is 2.06. The van der Waals surface area contributed by atoms with Crippen LogP contribution >= 0.6 is 0 Å². The minimum absolute atomic E-state index is 0.156. The predicted molar refractivity (Wildman–Crippen MR) is 82.6 cm³/mol. The van der Waals surface area contributed by atoms with Gasteiger partial charge >= 0.3 is 0 Å². The molecule has 1 fully saturated rings. The first-order chi connectivity index (χ1) is 9.97. The molecule has 0 unspecified atom stereocenters. The lowest BCUT2D eigenvalue weighted by molar-refractivity contribution is 0.281. The van der Waals surface area contributed by atoms with E-state index in [-0.39, 0.29) is 11.5 Å². The van der Waals surface area contributed by atoms with Crippen LogP contribution in [-0.4, -0.2) is 44.6 Å². The summed E-state index contributed by atoms with van der Waals surface area (Å²) in [6, 6.07) is 5.72. The minimum Gasteiger partial charge on any atom is -0.392 e. The molecule has 1 aliphatic carbocycles. The molecule has 2 N–H and O–H groups in total. The van der Waals surface area contributed by atoms with Crippen molar-refractivity contribution < 1.29 is 13.5 Å². The second kappa shape index (κ2) is 6.87. The largest absolute Gasteiger partial charge is 0.392 e. The number of hydrogen-bond donors (Lipinski definition) is 2. The van der Waals surface area contributed by atoms with Crippen LogP contribution < -0.4 is 4.72 Å². The first-order valence-corrected chi connectivity index (χ1v) is 8.88. The number of nitrogens with zero attached hydrogens (tertiary/aromatic N) is 1. The van der Waals surface area contributed by atoms with Crippen molar-refractivity contribution >= 4 is 10.0 Å². The molecule has 0 heterocycles. The molecule has 21 heavy (non-hydrogen) atoms. The maximum atomic E-state index is 12.4. The summed E-state index contributed by atoms with van der Waals surface area (Å²) in [6.07, 6.45) is 3.06. The SMILES string of the molecule is CCc1ccc(CO)cc1S(=O)(=O)NCCN(C)C1CC1. The van der Waals surface area contributed by atoms with Crippen LogP contribution in [0.2, 0.25) is 0 Å². The molecule has 1 saturated carbocycles. The number of rotatable bonds is 8. The van der Waals surface area contributed by atoms with Gasteiger partial charge in [0.25, 0.3) is 0 Å². The summed E-state index contributed by atoms with van der Waals surface area (Å²) in [7, 11) is -1.50. The van der Waals surface area contributed by atoms with Crippen LogP contribution in [0.1, 0.15) is 30.9 Å². The molecule has 0 bridgehead atoms. The number of aliphatic hydroxyl groups excluding tert-OH is 1. The molecule has 118 valence electrons. The molecule has 0 atom stereocenters. The molecular weight excluding hydrogens is 288 g/mol. The van der Waals surface area contributed by atoms with Gasteiger partial charge in [-0.2, -0.15) is 0 Å². The highest BCUT2D eigenvalue weighted by atomic mass is 32.2. The Hall–Kier alpha value is -0.950. The first kappa shape index (κ1) is 16.4. The fourth-order valence-corrected chi connectivity index (χ4v) is 3.75. The van der Waals surface area contributed by atoms with Crippen molar-refractivity contribution in [2.24, 2.45) is 0 Å². The Labute approximate surface area is 127 Å². The van der Waals surface area contributed by atoms with Gasteiger partial charge in [-0.1, -0.05) is 19.1 Å². The predicted octanol–water partition coefficient (Wildman–Crippen LogP) is 1.11. The summed E-state index contributed by atoms with van der Waals surface area (Å²) in [5, 5.41) is 9.19. The second-order valence-corrected chi connectivity index (χ2v) is 7.30. The molecule has 0 saturated heterocycles. The van der Waals surface area contributed by atoms with E-state index in [1.807, 2.05) is 14.0 Å². The lowest BCUT2D eigenvalue weighted by atomic mass is 10.1. The molecule has 6 heteroatoms. The number of sulfonamides is 1. The van der Waals surface area contributed by atoms with E-state index in [1.54, 1.807) is 18.2 Å². The summed E-state index contributed by atoms with van der Waals surface area (Å²) in [5.41, 5.74) is 1.39. The molecule has 1 aliphatic rings. The van der Waals surface area contributed by atoms with Gasteiger partial charge in [-0.15, -0.1) is 0 Å². The Bertz CT molecular complexity index is 583. The summed E-state index contributed by atoms with van der Waals surface area (Å²) in [5.74, 6) is 0. The standard InChI is InChI=1S/C15H24N2O3S/c1-3-13-5-4-12(11-18)10-15(13)21(19,20)16-8-9-17(2)14-6-7-14/h4-5,10,14,16,18H,3,6-9,11H2,1-2H3. The van der Waals surface area contributed by atoms with E-state index in [9.17, 15) is 13.5 Å². The Kier molecular flexibility index (Phi) is 5.37. The normalized spacial score (nSPS) is 15.6. The van der Waals surface area contributed by atoms with E-state index >= 15 is 0 Å². The van der Waals surface area contributed by atoms with Crippen molar-refractivity contribution in [2.75, 3.05) is 20.1 Å². The average molecular weight is 312 g/mol. The van der Waals surface area contributed by atoms with E-state index in [0.717, 1.165) is 5.56 Å². The maximum Gasteiger partial charge on any atom is 0.240 e. The Morgan fingerprint density at radius 3 is 2.67 bits per heavy atom. The van der Waals surface area contributed by atoms with Gasteiger partial charge in [0.1, 0.15) is 0 Å². The van der Waals surface area contributed by atoms with Crippen LogP contribution in [0.25, 0.3) is 0 Å². The molecule has 0 aromatic heterocycles. The molecule has 0 radical (unpaired) electrons. The molecule has 1 aromatic carbocycles. The van der Waals surface area contributed by atoms with Gasteiger partial charge in [0.2, 0.25) is 10.0 Å². The first-order valence-electron chi connectivity index (χ1n) is 7.40. The van der Waals surface area contributed by atoms with Crippen LogP contribution in [0.4, 0.5) is 0 Å². The monoisotopic (exact) mass is 312 g/mol. The molecule has 2 rings (SSSR count). The Morgan fingerprint density at radius 2 is 2.10 bits per heavy atom. The molecule has 0 aliphatic heterocycles. The van der Waals surface area contributed by atoms with Crippen molar-refractivity contribution in [1.82, 2.24) is 9.62 Å². The zero-order valence-electron chi connectivity index (χ0n) is 12.7. The summed E-state index contributed by atoms with van der Waals surface area (Å²) >= 11 is 0. The van der Waals surface area contributed by atoms with Crippen molar-refractivity contribution in [1.29, 1.82) is 0 Å². The number of likely N-dealkylation sites (N-methyl/N-ethyl adjacent to an activating group) is 1. The topological polar surface area (TPSA) is 69.6 Å². The highest BCUT2D eigenvalue weighted by Crippen LogP contribution is 2.24. The number of aryl methyl sites for hydroxylation is 1. The van der Waals surface area contributed by atoms with E-state index in [4.69, 9.17) is 0 Å². The summed E-state index contributed by atoms with van der Waals surface area (Å²) in [4.78, 5) is 2.47. The number of benzene rings is 1. The van der Waals surface area contributed by atoms with E-state index in [2.05, 4.69) is 9.62 Å². The Morgan fingerprint density at radius 1 is 1.38 bits per heavy atom. The van der Waals surface area contributed by atoms with Crippen LogP contribution in [0.5, 0.6) is 0 Å². The van der Waals surface area contributed by atoms with Crippen LogP contribution in [0.3, 0.4) is 0 Å². The smallest absolute Gasteiger partial charge is 0.240 e. The van der Waals surface area contributed by atoms with Gasteiger partial charge in [0.05, 0.1) is 11.5 Å². The highest BCUT2D eigenvalue weighted by Gasteiger charge is 2.26. The van der Waals surface area contributed by atoms with Gasteiger partial charge in [0.15, 0.2) is 0 Å². The molecule has 1 aromatic rings. The summed E-state index contributed by atoms with van der Waals surface area (Å²) in [6.45, 7) is 2.89. The zero-order valence-corrected chi connectivity index (χ0v) is 13.5. The quantitative estimate of drug-likeness (QED) is 0.754. The molecule has 5 nitrogen and oxygen atoms in total. The molecule has 0 amide bonds. The fourth-order valence-electron chi connectivity index (χ4n) is 2.37.